The second kappa shape index (κ2) is 5.92. The van der Waals surface area contributed by atoms with Crippen LogP contribution in [0.25, 0.3) is 0 Å². The van der Waals surface area contributed by atoms with Gasteiger partial charge >= 0.3 is 5.97 Å². The maximum Gasteiger partial charge on any atom is 0.303 e. The van der Waals surface area contributed by atoms with Crippen LogP contribution in [0.15, 0.2) is 12.2 Å². The summed E-state index contributed by atoms with van der Waals surface area (Å²) in [4.78, 5) is 10.2. The Morgan fingerprint density at radius 2 is 2.36 bits per heavy atom. The molecule has 0 aliphatic heterocycles. The number of allylic oxidation sites excluding steroid dienone is 1. The lowest BCUT2D eigenvalue weighted by molar-refractivity contribution is -0.137. The summed E-state index contributed by atoms with van der Waals surface area (Å²) in [5.41, 5.74) is 5.35. The van der Waals surface area contributed by atoms with Crippen molar-refractivity contribution in [2.45, 2.75) is 19.8 Å². The van der Waals surface area contributed by atoms with E-state index in [1.807, 2.05) is 19.1 Å². The van der Waals surface area contributed by atoms with Crippen LogP contribution in [-0.2, 0) is 4.79 Å². The molecule has 1 atom stereocenters. The number of rotatable bonds is 5. The van der Waals surface area contributed by atoms with Gasteiger partial charge in [0.1, 0.15) is 0 Å². The van der Waals surface area contributed by atoms with E-state index in [0.29, 0.717) is 6.54 Å². The topological polar surface area (TPSA) is 63.3 Å². The van der Waals surface area contributed by atoms with Crippen LogP contribution in [0.4, 0.5) is 0 Å². The van der Waals surface area contributed by atoms with Crippen molar-refractivity contribution in [2.75, 3.05) is 6.54 Å². The smallest absolute Gasteiger partial charge is 0.303 e. The summed E-state index contributed by atoms with van der Waals surface area (Å²) in [6, 6.07) is 0. The maximum absolute atomic E-state index is 10.2. The Bertz CT molecular complexity index is 143. The van der Waals surface area contributed by atoms with Crippen LogP contribution in [0, 0.1) is 5.92 Å². The van der Waals surface area contributed by atoms with Crippen molar-refractivity contribution in [1.82, 2.24) is 0 Å². The van der Waals surface area contributed by atoms with Gasteiger partial charge in [-0.3, -0.25) is 4.79 Å². The molecule has 0 radical (unpaired) electrons. The van der Waals surface area contributed by atoms with Gasteiger partial charge in [0, 0.05) is 0 Å². The third kappa shape index (κ3) is 5.61. The Kier molecular flexibility index (Phi) is 5.47. The number of hydrogen-bond acceptors (Lipinski definition) is 2. The fraction of sp³-hybridized carbons (Fsp3) is 0.625. The van der Waals surface area contributed by atoms with Gasteiger partial charge in [-0.1, -0.05) is 19.1 Å². The van der Waals surface area contributed by atoms with Crippen LogP contribution >= 0.6 is 0 Å². The Labute approximate surface area is 66.9 Å². The number of nitrogens with two attached hydrogens (primary N) is 1. The first-order chi connectivity index (χ1) is 5.20. The van der Waals surface area contributed by atoms with Crippen LogP contribution in [0.1, 0.15) is 19.8 Å². The molecule has 0 saturated heterocycles. The molecule has 1 unspecified atom stereocenters. The minimum atomic E-state index is -0.791. The molecule has 0 bridgehead atoms. The van der Waals surface area contributed by atoms with E-state index in [1.54, 1.807) is 0 Å². The first kappa shape index (κ1) is 10.2. The molecular weight excluding hydrogens is 142 g/mol. The molecule has 0 spiro atoms. The van der Waals surface area contributed by atoms with Crippen molar-refractivity contribution < 1.29 is 9.90 Å². The highest BCUT2D eigenvalue weighted by Gasteiger charge is 2.06. The van der Waals surface area contributed by atoms with E-state index < -0.39 is 5.97 Å². The van der Waals surface area contributed by atoms with Gasteiger partial charge in [-0.05, 0) is 18.9 Å². The fourth-order valence-corrected chi connectivity index (χ4v) is 0.783. The number of carboxylic acid groups (broad SMARTS) is 1. The Morgan fingerprint density at radius 1 is 1.73 bits per heavy atom. The first-order valence-corrected chi connectivity index (χ1v) is 3.79. The van der Waals surface area contributed by atoms with E-state index in [2.05, 4.69) is 0 Å². The van der Waals surface area contributed by atoms with Crippen LogP contribution in [0.3, 0.4) is 0 Å². The number of hydrogen-bond donors (Lipinski definition) is 2. The summed E-state index contributed by atoms with van der Waals surface area (Å²) >= 11 is 0. The van der Waals surface area contributed by atoms with Crippen LogP contribution in [-0.4, -0.2) is 17.6 Å². The average Bonchev–Trinajstić information content (AvgIpc) is 1.97. The summed E-state index contributed by atoms with van der Waals surface area (Å²) in [6.45, 7) is 2.41. The van der Waals surface area contributed by atoms with Gasteiger partial charge in [0.2, 0.25) is 0 Å². The lowest BCUT2D eigenvalue weighted by atomic mass is 10.1. The molecule has 0 aliphatic carbocycles. The highest BCUT2D eigenvalue weighted by Crippen LogP contribution is 2.03. The van der Waals surface area contributed by atoms with E-state index in [4.69, 9.17) is 10.8 Å². The van der Waals surface area contributed by atoms with Crippen LogP contribution in [0.5, 0.6) is 0 Å². The van der Waals surface area contributed by atoms with Gasteiger partial charge < -0.3 is 10.8 Å². The van der Waals surface area contributed by atoms with Crippen molar-refractivity contribution in [3.8, 4) is 0 Å². The van der Waals surface area contributed by atoms with Gasteiger partial charge in [-0.25, -0.2) is 0 Å². The standard InChI is InChI=1S/C8H15NO2/c1-2-3-4-7(6-9)5-8(10)11/h3-4,7H,2,5-6,9H2,1H3,(H,10,11)/b4-3-. The molecule has 0 aromatic rings. The Hall–Kier alpha value is -0.830. The molecule has 0 aliphatic rings. The van der Waals surface area contributed by atoms with Crippen molar-refractivity contribution in [1.29, 1.82) is 0 Å². The SMILES string of the molecule is CC/C=C\C(CN)CC(=O)O. The van der Waals surface area contributed by atoms with Gasteiger partial charge in [0.25, 0.3) is 0 Å². The summed E-state index contributed by atoms with van der Waals surface area (Å²) in [5, 5.41) is 8.42. The van der Waals surface area contributed by atoms with Crippen LogP contribution < -0.4 is 5.73 Å². The third-order valence-electron chi connectivity index (χ3n) is 1.38. The molecule has 0 saturated carbocycles. The number of carbonyl (C=O) groups is 1. The molecule has 0 rings (SSSR count). The molecule has 0 amide bonds. The number of carboxylic acids is 1. The quantitative estimate of drug-likeness (QED) is 0.585. The molecule has 3 N–H and O–H groups in total. The van der Waals surface area contributed by atoms with Crippen molar-refractivity contribution >= 4 is 5.97 Å². The van der Waals surface area contributed by atoms with E-state index in [-0.39, 0.29) is 12.3 Å². The lowest BCUT2D eigenvalue weighted by Gasteiger charge is -2.04. The van der Waals surface area contributed by atoms with E-state index in [0.717, 1.165) is 6.42 Å². The zero-order valence-electron chi connectivity index (χ0n) is 6.79. The normalized spacial score (nSPS) is 13.6. The van der Waals surface area contributed by atoms with Gasteiger partial charge in [-0.15, -0.1) is 0 Å². The molecule has 64 valence electrons. The van der Waals surface area contributed by atoms with Gasteiger partial charge in [-0.2, -0.15) is 0 Å². The van der Waals surface area contributed by atoms with Gasteiger partial charge in [0.05, 0.1) is 6.42 Å². The summed E-state index contributed by atoms with van der Waals surface area (Å²) < 4.78 is 0. The van der Waals surface area contributed by atoms with Crippen LogP contribution in [0.2, 0.25) is 0 Å². The van der Waals surface area contributed by atoms with E-state index >= 15 is 0 Å². The summed E-state index contributed by atoms with van der Waals surface area (Å²) in [7, 11) is 0. The molecule has 3 heteroatoms. The minimum absolute atomic E-state index is 0.00699. The van der Waals surface area contributed by atoms with Crippen molar-refractivity contribution in [3.05, 3.63) is 12.2 Å². The maximum atomic E-state index is 10.2. The zero-order valence-corrected chi connectivity index (χ0v) is 6.79. The molecule has 3 nitrogen and oxygen atoms in total. The zero-order chi connectivity index (χ0) is 8.69. The monoisotopic (exact) mass is 157 g/mol. The summed E-state index contributed by atoms with van der Waals surface area (Å²) in [6.07, 6.45) is 4.87. The molecule has 11 heavy (non-hydrogen) atoms. The lowest BCUT2D eigenvalue weighted by Crippen LogP contribution is -2.15. The fourth-order valence-electron chi connectivity index (χ4n) is 0.783. The highest BCUT2D eigenvalue weighted by atomic mass is 16.4. The largest absolute Gasteiger partial charge is 0.481 e. The molecule has 0 aromatic carbocycles. The van der Waals surface area contributed by atoms with Crippen molar-refractivity contribution in [2.24, 2.45) is 11.7 Å². The second-order valence-electron chi connectivity index (χ2n) is 2.43. The highest BCUT2D eigenvalue weighted by molar-refractivity contribution is 5.67. The molecular formula is C8H15NO2. The van der Waals surface area contributed by atoms with Gasteiger partial charge in [0.15, 0.2) is 0 Å². The minimum Gasteiger partial charge on any atom is -0.481 e. The Morgan fingerprint density at radius 3 is 2.73 bits per heavy atom. The molecule has 0 fully saturated rings. The van der Waals surface area contributed by atoms with E-state index in [9.17, 15) is 4.79 Å². The molecule has 0 heterocycles. The number of aliphatic carboxylic acids is 1. The third-order valence-corrected chi connectivity index (χ3v) is 1.38. The average molecular weight is 157 g/mol. The Balaban J connectivity index is 3.75. The first-order valence-electron chi connectivity index (χ1n) is 3.79. The second-order valence-corrected chi connectivity index (χ2v) is 2.43. The predicted molar refractivity (Wildman–Crippen MR) is 44.2 cm³/mol. The van der Waals surface area contributed by atoms with Crippen molar-refractivity contribution in [3.63, 3.8) is 0 Å². The van der Waals surface area contributed by atoms with E-state index in [1.165, 1.54) is 0 Å². The predicted octanol–water partition coefficient (Wildman–Crippen LogP) is 1.00. The summed E-state index contributed by atoms with van der Waals surface area (Å²) in [5.74, 6) is -0.798. The molecule has 0 aromatic heterocycles.